The molecule has 0 bridgehead atoms. The molecule has 0 aliphatic heterocycles. The van der Waals surface area contributed by atoms with Crippen LogP contribution < -0.4 is 5.73 Å². The minimum absolute atomic E-state index is 0.388. The highest BCUT2D eigenvalue weighted by molar-refractivity contribution is 6.30. The first-order valence-corrected chi connectivity index (χ1v) is 6.60. The molecule has 0 spiro atoms. The monoisotopic (exact) mass is 284 g/mol. The van der Waals surface area contributed by atoms with Gasteiger partial charge >= 0.3 is 0 Å². The Morgan fingerprint density at radius 1 is 0.950 bits per heavy atom. The van der Waals surface area contributed by atoms with E-state index in [0.717, 1.165) is 11.1 Å². The van der Waals surface area contributed by atoms with Gasteiger partial charge in [-0.3, -0.25) is 0 Å². The maximum absolute atomic E-state index is 5.95. The normalized spacial score (nSPS) is 10.7. The van der Waals surface area contributed by atoms with Gasteiger partial charge in [-0.1, -0.05) is 41.4 Å². The number of benzene rings is 2. The first kappa shape index (κ1) is 12.8. The molecule has 1 aromatic heterocycles. The smallest absolute Gasteiger partial charge is 0.228 e. The topological polar surface area (TPSA) is 52.0 Å². The molecule has 0 unspecified atom stereocenters. The van der Waals surface area contributed by atoms with Crippen molar-refractivity contribution >= 4 is 17.4 Å². The van der Waals surface area contributed by atoms with Crippen LogP contribution in [0.25, 0.3) is 22.8 Å². The Morgan fingerprint density at radius 2 is 1.55 bits per heavy atom. The number of oxazole rings is 1. The molecule has 3 nitrogen and oxygen atoms in total. The van der Waals surface area contributed by atoms with Gasteiger partial charge in [0, 0.05) is 16.1 Å². The molecule has 100 valence electrons. The van der Waals surface area contributed by atoms with E-state index in [2.05, 4.69) is 4.98 Å². The van der Waals surface area contributed by atoms with Gasteiger partial charge in [0.15, 0.2) is 11.6 Å². The van der Waals surface area contributed by atoms with E-state index in [-0.39, 0.29) is 0 Å². The van der Waals surface area contributed by atoms with Crippen LogP contribution in [0.15, 0.2) is 52.9 Å². The average molecular weight is 285 g/mol. The number of aromatic nitrogens is 1. The summed E-state index contributed by atoms with van der Waals surface area (Å²) in [5, 5.41) is 0.673. The van der Waals surface area contributed by atoms with Crippen LogP contribution >= 0.6 is 11.6 Å². The fraction of sp³-hybridized carbons (Fsp3) is 0.0625. The molecule has 0 fully saturated rings. The third-order valence-electron chi connectivity index (χ3n) is 3.06. The highest BCUT2D eigenvalue weighted by Crippen LogP contribution is 2.31. The average Bonchev–Trinajstić information content (AvgIpc) is 2.82. The minimum atomic E-state index is 0.388. The van der Waals surface area contributed by atoms with E-state index >= 15 is 0 Å². The summed E-state index contributed by atoms with van der Waals surface area (Å²) in [6.45, 7) is 2.03. The summed E-state index contributed by atoms with van der Waals surface area (Å²) in [7, 11) is 0. The Bertz CT molecular complexity index is 730. The summed E-state index contributed by atoms with van der Waals surface area (Å²) < 4.78 is 5.79. The number of halogens is 1. The van der Waals surface area contributed by atoms with Crippen LogP contribution in [0.5, 0.6) is 0 Å². The van der Waals surface area contributed by atoms with E-state index in [1.165, 1.54) is 5.56 Å². The second kappa shape index (κ2) is 5.02. The van der Waals surface area contributed by atoms with Crippen molar-refractivity contribution < 1.29 is 4.42 Å². The third-order valence-corrected chi connectivity index (χ3v) is 3.31. The summed E-state index contributed by atoms with van der Waals surface area (Å²) in [5.41, 5.74) is 8.90. The fourth-order valence-electron chi connectivity index (χ4n) is 1.96. The molecule has 3 rings (SSSR count). The zero-order chi connectivity index (χ0) is 14.1. The molecule has 0 aliphatic carbocycles. The largest absolute Gasteiger partial charge is 0.434 e. The van der Waals surface area contributed by atoms with Crippen LogP contribution in [0.3, 0.4) is 0 Å². The lowest BCUT2D eigenvalue weighted by atomic mass is 10.1. The Labute approximate surface area is 122 Å². The van der Waals surface area contributed by atoms with E-state index in [1.54, 1.807) is 12.1 Å². The molecular weight excluding hydrogens is 272 g/mol. The summed E-state index contributed by atoms with van der Waals surface area (Å²) >= 11 is 5.87. The second-order valence-electron chi connectivity index (χ2n) is 4.61. The standard InChI is InChI=1S/C16H13ClN2O/c1-10-2-4-11(5-3-10)14-15(18)19-16(20-14)12-6-8-13(17)9-7-12/h2-9H,18H2,1H3. The van der Waals surface area contributed by atoms with Crippen molar-refractivity contribution in [2.75, 3.05) is 5.73 Å². The molecule has 0 amide bonds. The summed E-state index contributed by atoms with van der Waals surface area (Å²) in [6, 6.07) is 15.3. The van der Waals surface area contributed by atoms with Gasteiger partial charge in [0.1, 0.15) is 0 Å². The van der Waals surface area contributed by atoms with Gasteiger partial charge in [-0.25, -0.2) is 0 Å². The number of nitrogens with zero attached hydrogens (tertiary/aromatic N) is 1. The van der Waals surface area contributed by atoms with Gasteiger partial charge in [0.2, 0.25) is 5.89 Å². The highest BCUT2D eigenvalue weighted by Gasteiger charge is 2.13. The number of aryl methyl sites for hydroxylation is 1. The molecule has 0 saturated heterocycles. The molecule has 0 radical (unpaired) electrons. The van der Waals surface area contributed by atoms with Crippen molar-refractivity contribution in [2.45, 2.75) is 6.92 Å². The van der Waals surface area contributed by atoms with E-state index < -0.39 is 0 Å². The highest BCUT2D eigenvalue weighted by atomic mass is 35.5. The van der Waals surface area contributed by atoms with Crippen LogP contribution in [0.2, 0.25) is 5.02 Å². The summed E-state index contributed by atoms with van der Waals surface area (Å²) in [5.74, 6) is 1.48. The molecule has 0 atom stereocenters. The maximum atomic E-state index is 5.95. The molecule has 2 N–H and O–H groups in total. The lowest BCUT2D eigenvalue weighted by Gasteiger charge is -1.98. The van der Waals surface area contributed by atoms with Crippen LogP contribution in [-0.2, 0) is 0 Å². The SMILES string of the molecule is Cc1ccc(-c2oc(-c3ccc(Cl)cc3)nc2N)cc1. The number of rotatable bonds is 2. The summed E-state index contributed by atoms with van der Waals surface area (Å²) in [6.07, 6.45) is 0. The van der Waals surface area contributed by atoms with Crippen LogP contribution in [0.1, 0.15) is 5.56 Å². The zero-order valence-electron chi connectivity index (χ0n) is 10.9. The first-order valence-electron chi connectivity index (χ1n) is 6.23. The van der Waals surface area contributed by atoms with E-state index in [4.69, 9.17) is 21.8 Å². The van der Waals surface area contributed by atoms with Gasteiger partial charge in [-0.2, -0.15) is 4.98 Å². The zero-order valence-corrected chi connectivity index (χ0v) is 11.7. The predicted octanol–water partition coefficient (Wildman–Crippen LogP) is 4.55. The Morgan fingerprint density at radius 3 is 2.20 bits per heavy atom. The molecule has 20 heavy (non-hydrogen) atoms. The summed E-state index contributed by atoms with van der Waals surface area (Å²) in [4.78, 5) is 4.28. The fourth-order valence-corrected chi connectivity index (χ4v) is 2.09. The lowest BCUT2D eigenvalue weighted by molar-refractivity contribution is 0.589. The van der Waals surface area contributed by atoms with Gasteiger partial charge in [0.25, 0.3) is 0 Å². The Hall–Kier alpha value is -2.26. The Balaban J connectivity index is 2.02. The van der Waals surface area contributed by atoms with Gasteiger partial charge in [-0.15, -0.1) is 0 Å². The van der Waals surface area contributed by atoms with Crippen molar-refractivity contribution in [3.05, 3.63) is 59.1 Å². The first-order chi connectivity index (χ1) is 9.63. The van der Waals surface area contributed by atoms with Crippen LogP contribution in [0.4, 0.5) is 5.82 Å². The van der Waals surface area contributed by atoms with E-state index in [9.17, 15) is 0 Å². The number of hydrogen-bond acceptors (Lipinski definition) is 3. The minimum Gasteiger partial charge on any atom is -0.434 e. The van der Waals surface area contributed by atoms with Crippen molar-refractivity contribution in [3.8, 4) is 22.8 Å². The molecular formula is C16H13ClN2O. The number of nitrogens with two attached hydrogens (primary N) is 1. The maximum Gasteiger partial charge on any atom is 0.228 e. The number of nitrogen functional groups attached to an aromatic ring is 1. The van der Waals surface area contributed by atoms with E-state index in [1.807, 2.05) is 43.3 Å². The van der Waals surface area contributed by atoms with Crippen molar-refractivity contribution in [2.24, 2.45) is 0 Å². The van der Waals surface area contributed by atoms with Crippen molar-refractivity contribution in [3.63, 3.8) is 0 Å². The molecule has 2 aromatic carbocycles. The predicted molar refractivity (Wildman–Crippen MR) is 81.5 cm³/mol. The second-order valence-corrected chi connectivity index (χ2v) is 5.04. The van der Waals surface area contributed by atoms with Crippen molar-refractivity contribution in [1.82, 2.24) is 4.98 Å². The quantitative estimate of drug-likeness (QED) is 0.751. The van der Waals surface area contributed by atoms with Crippen molar-refractivity contribution in [1.29, 1.82) is 0 Å². The van der Waals surface area contributed by atoms with Crippen LogP contribution in [-0.4, -0.2) is 4.98 Å². The molecule has 0 aliphatic rings. The van der Waals surface area contributed by atoms with Gasteiger partial charge in [0.05, 0.1) is 0 Å². The third kappa shape index (κ3) is 2.40. The van der Waals surface area contributed by atoms with E-state index in [0.29, 0.717) is 22.5 Å². The molecule has 4 heteroatoms. The molecule has 3 aromatic rings. The molecule has 0 saturated carbocycles. The molecule has 1 heterocycles. The number of anilines is 1. The Kier molecular flexibility index (Phi) is 3.20. The van der Waals surface area contributed by atoms with Gasteiger partial charge < -0.3 is 10.2 Å². The number of hydrogen-bond donors (Lipinski definition) is 1. The van der Waals surface area contributed by atoms with Crippen LogP contribution in [0, 0.1) is 6.92 Å². The lowest BCUT2D eigenvalue weighted by Crippen LogP contribution is -1.87. The van der Waals surface area contributed by atoms with Gasteiger partial charge in [-0.05, 0) is 31.2 Å².